The van der Waals surface area contributed by atoms with Crippen molar-refractivity contribution in [2.75, 3.05) is 23.5 Å². The van der Waals surface area contributed by atoms with E-state index in [1.807, 2.05) is 19.1 Å². The maximum absolute atomic E-state index is 11.9. The first-order valence-corrected chi connectivity index (χ1v) is 9.12. The summed E-state index contributed by atoms with van der Waals surface area (Å²) in [4.78, 5) is 0.393. The number of nitrogens with one attached hydrogen (secondary N) is 1. The van der Waals surface area contributed by atoms with Gasteiger partial charge in [0.15, 0.2) is 9.84 Å². The van der Waals surface area contributed by atoms with Gasteiger partial charge < -0.3 is 5.32 Å². The third-order valence-corrected chi connectivity index (χ3v) is 5.35. The van der Waals surface area contributed by atoms with Crippen molar-refractivity contribution in [3.8, 4) is 0 Å². The van der Waals surface area contributed by atoms with Crippen molar-refractivity contribution in [1.82, 2.24) is 0 Å². The predicted octanol–water partition coefficient (Wildman–Crippen LogP) is 3.94. The molecule has 0 spiro atoms. The lowest BCUT2D eigenvalue weighted by molar-refractivity contribution is 0.379. The first kappa shape index (κ1) is 17.3. The summed E-state index contributed by atoms with van der Waals surface area (Å²) in [5, 5.41) is 3.33. The molecule has 1 aromatic rings. The molecule has 0 saturated carbocycles. The second-order valence-electron chi connectivity index (χ2n) is 5.80. The van der Waals surface area contributed by atoms with Gasteiger partial charge in [-0.25, -0.2) is 8.42 Å². The highest BCUT2D eigenvalue weighted by Crippen LogP contribution is 2.22. The summed E-state index contributed by atoms with van der Waals surface area (Å²) in [7, 11) is -3.12. The van der Waals surface area contributed by atoms with Crippen LogP contribution < -0.4 is 5.32 Å². The zero-order valence-electron chi connectivity index (χ0n) is 12.4. The van der Waals surface area contributed by atoms with E-state index >= 15 is 0 Å². The van der Waals surface area contributed by atoms with Crippen molar-refractivity contribution in [3.63, 3.8) is 0 Å². The van der Waals surface area contributed by atoms with E-state index in [4.69, 9.17) is 11.6 Å². The zero-order valence-corrected chi connectivity index (χ0v) is 14.0. The Kier molecular flexibility index (Phi) is 6.34. The van der Waals surface area contributed by atoms with E-state index in [0.717, 1.165) is 18.7 Å². The van der Waals surface area contributed by atoms with Gasteiger partial charge in [-0.15, -0.1) is 11.6 Å². The topological polar surface area (TPSA) is 46.2 Å². The lowest BCUT2D eigenvalue weighted by atomic mass is 9.90. The molecule has 1 aromatic carbocycles. The van der Waals surface area contributed by atoms with Gasteiger partial charge in [-0.2, -0.15) is 0 Å². The Bertz CT molecular complexity index is 509. The fourth-order valence-corrected chi connectivity index (χ4v) is 3.69. The van der Waals surface area contributed by atoms with Crippen LogP contribution in [0, 0.1) is 5.41 Å². The molecule has 0 fully saturated rings. The summed E-state index contributed by atoms with van der Waals surface area (Å²) in [6.07, 6.45) is 1.57. The lowest BCUT2D eigenvalue weighted by Crippen LogP contribution is -2.23. The fraction of sp³-hybridized carbons (Fsp3) is 0.600. The minimum Gasteiger partial charge on any atom is -0.385 e. The third kappa shape index (κ3) is 5.33. The van der Waals surface area contributed by atoms with E-state index in [9.17, 15) is 8.42 Å². The summed E-state index contributed by atoms with van der Waals surface area (Å²) in [6.45, 7) is 6.98. The van der Waals surface area contributed by atoms with Gasteiger partial charge in [0.05, 0.1) is 10.6 Å². The molecule has 0 aliphatic rings. The normalized spacial score (nSPS) is 12.4. The average Bonchev–Trinajstić information content (AvgIpc) is 2.37. The van der Waals surface area contributed by atoms with E-state index < -0.39 is 9.84 Å². The number of hydrogen-bond donors (Lipinski definition) is 1. The van der Waals surface area contributed by atoms with Crippen molar-refractivity contribution >= 4 is 27.1 Å². The fourth-order valence-electron chi connectivity index (χ4n) is 1.85. The van der Waals surface area contributed by atoms with Crippen LogP contribution in [0.5, 0.6) is 0 Å². The highest BCUT2D eigenvalue weighted by molar-refractivity contribution is 7.91. The summed E-state index contributed by atoms with van der Waals surface area (Å²) >= 11 is 5.77. The first-order chi connectivity index (χ1) is 9.30. The van der Waals surface area contributed by atoms with E-state index in [-0.39, 0.29) is 11.2 Å². The van der Waals surface area contributed by atoms with Crippen molar-refractivity contribution in [3.05, 3.63) is 24.3 Å². The summed E-state index contributed by atoms with van der Waals surface area (Å²) in [5.74, 6) is 0.839. The summed E-state index contributed by atoms with van der Waals surface area (Å²) in [6, 6.07) is 6.97. The Morgan fingerprint density at radius 1 is 1.20 bits per heavy atom. The molecule has 114 valence electrons. The van der Waals surface area contributed by atoms with Crippen LogP contribution in [0.2, 0.25) is 0 Å². The lowest BCUT2D eigenvalue weighted by Gasteiger charge is -2.24. The van der Waals surface area contributed by atoms with Crippen LogP contribution >= 0.6 is 11.6 Å². The zero-order chi connectivity index (χ0) is 15.2. The Balaban J connectivity index is 2.68. The van der Waals surface area contributed by atoms with Crippen molar-refractivity contribution in [2.24, 2.45) is 5.41 Å². The summed E-state index contributed by atoms with van der Waals surface area (Å²) < 4.78 is 23.8. The molecule has 0 amide bonds. The average molecular weight is 318 g/mol. The number of benzene rings is 1. The molecule has 3 nitrogen and oxygen atoms in total. The molecule has 5 heteroatoms. The van der Waals surface area contributed by atoms with Gasteiger partial charge in [0.1, 0.15) is 0 Å². The van der Waals surface area contributed by atoms with Crippen molar-refractivity contribution in [1.29, 1.82) is 0 Å². The van der Waals surface area contributed by atoms with Gasteiger partial charge >= 0.3 is 0 Å². The second-order valence-corrected chi connectivity index (χ2v) is 8.29. The van der Waals surface area contributed by atoms with Crippen LogP contribution in [0.25, 0.3) is 0 Å². The van der Waals surface area contributed by atoms with Crippen LogP contribution in [0.3, 0.4) is 0 Å². The van der Waals surface area contributed by atoms with E-state index in [1.165, 1.54) is 0 Å². The summed E-state index contributed by atoms with van der Waals surface area (Å²) in [5.41, 5.74) is 1.05. The second kappa shape index (κ2) is 7.32. The number of sulfone groups is 1. The smallest absolute Gasteiger partial charge is 0.178 e. The SMILES string of the molecule is CCCS(=O)(=O)c1ccc(NCC(C)(C)CCCl)cc1. The van der Waals surface area contributed by atoms with Crippen molar-refractivity contribution in [2.45, 2.75) is 38.5 Å². The molecular formula is C15H24ClNO2S. The Labute approximate surface area is 127 Å². The first-order valence-electron chi connectivity index (χ1n) is 6.93. The van der Waals surface area contributed by atoms with Gasteiger partial charge in [-0.05, 0) is 42.5 Å². The highest BCUT2D eigenvalue weighted by atomic mass is 35.5. The quantitative estimate of drug-likeness (QED) is 0.739. The maximum atomic E-state index is 11.9. The molecule has 0 aliphatic carbocycles. The molecule has 20 heavy (non-hydrogen) atoms. The number of anilines is 1. The number of alkyl halides is 1. The molecule has 0 aromatic heterocycles. The van der Waals surface area contributed by atoms with E-state index in [2.05, 4.69) is 19.2 Å². The minimum absolute atomic E-state index is 0.120. The van der Waals surface area contributed by atoms with Crippen LogP contribution in [-0.4, -0.2) is 26.6 Å². The van der Waals surface area contributed by atoms with Gasteiger partial charge in [-0.1, -0.05) is 20.8 Å². The van der Waals surface area contributed by atoms with Crippen LogP contribution in [0.15, 0.2) is 29.2 Å². The van der Waals surface area contributed by atoms with Gasteiger partial charge in [-0.3, -0.25) is 0 Å². The molecule has 0 bridgehead atoms. The molecule has 0 radical (unpaired) electrons. The molecular weight excluding hydrogens is 294 g/mol. The molecule has 0 saturated heterocycles. The Morgan fingerprint density at radius 2 is 1.80 bits per heavy atom. The van der Waals surface area contributed by atoms with Gasteiger partial charge in [0.2, 0.25) is 0 Å². The molecule has 0 heterocycles. The monoisotopic (exact) mass is 317 g/mol. The highest BCUT2D eigenvalue weighted by Gasteiger charge is 2.17. The van der Waals surface area contributed by atoms with Crippen LogP contribution in [0.4, 0.5) is 5.69 Å². The maximum Gasteiger partial charge on any atom is 0.178 e. The van der Waals surface area contributed by atoms with E-state index in [0.29, 0.717) is 17.2 Å². The van der Waals surface area contributed by atoms with Crippen LogP contribution in [-0.2, 0) is 9.84 Å². The standard InChI is InChI=1S/C15H24ClNO2S/c1-4-11-20(18,19)14-7-5-13(6-8-14)17-12-15(2,3)9-10-16/h5-8,17H,4,9-12H2,1-3H3. The van der Waals surface area contributed by atoms with Crippen molar-refractivity contribution < 1.29 is 8.42 Å². The number of rotatable bonds is 8. The van der Waals surface area contributed by atoms with Crippen LogP contribution in [0.1, 0.15) is 33.6 Å². The molecule has 1 N–H and O–H groups in total. The minimum atomic E-state index is -3.12. The molecule has 0 unspecified atom stereocenters. The van der Waals surface area contributed by atoms with Gasteiger partial charge in [0, 0.05) is 18.1 Å². The Morgan fingerprint density at radius 3 is 2.30 bits per heavy atom. The van der Waals surface area contributed by atoms with Gasteiger partial charge in [0.25, 0.3) is 0 Å². The largest absolute Gasteiger partial charge is 0.385 e. The number of halogens is 1. The molecule has 0 atom stereocenters. The Hall–Kier alpha value is -0.740. The predicted molar refractivity (Wildman–Crippen MR) is 86.4 cm³/mol. The third-order valence-electron chi connectivity index (χ3n) is 3.23. The number of hydrogen-bond acceptors (Lipinski definition) is 3. The van der Waals surface area contributed by atoms with E-state index in [1.54, 1.807) is 12.1 Å². The molecule has 1 rings (SSSR count). The molecule has 0 aliphatic heterocycles.